The molecule has 1 aliphatic rings. The van der Waals surface area contributed by atoms with Gasteiger partial charge < -0.3 is 15.0 Å². The van der Waals surface area contributed by atoms with Crippen molar-refractivity contribution in [2.75, 3.05) is 0 Å². The number of halogens is 2. The van der Waals surface area contributed by atoms with Gasteiger partial charge in [0.1, 0.15) is 0 Å². The number of hydrogen-bond acceptors (Lipinski definition) is 3. The lowest BCUT2D eigenvalue weighted by molar-refractivity contribution is 0.00578. The minimum absolute atomic E-state index is 0.340. The zero-order valence-electron chi connectivity index (χ0n) is 11.5. The third kappa shape index (κ3) is 2.93. The minimum atomic E-state index is -0.449. The zero-order chi connectivity index (χ0) is 14.4. The van der Waals surface area contributed by atoms with E-state index in [2.05, 4.69) is 31.9 Å². The average molecular weight is 391 g/mol. The second kappa shape index (κ2) is 5.15. The van der Waals surface area contributed by atoms with E-state index in [1.54, 1.807) is 0 Å². The topological polar surface area (TPSA) is 44.5 Å². The highest BCUT2D eigenvalue weighted by Gasteiger charge is 2.53. The van der Waals surface area contributed by atoms with Crippen molar-refractivity contribution in [3.8, 4) is 0 Å². The molecule has 1 heterocycles. The summed E-state index contributed by atoms with van der Waals surface area (Å²) in [5, 5.41) is 0. The molecular weight excluding hydrogens is 373 g/mol. The smallest absolute Gasteiger partial charge is 0.402 e. The first-order valence-electron chi connectivity index (χ1n) is 6.20. The molecule has 2 rings (SSSR count). The van der Waals surface area contributed by atoms with Crippen LogP contribution in [0, 0.1) is 0 Å². The summed E-state index contributed by atoms with van der Waals surface area (Å²) in [4.78, 5) is 0. The van der Waals surface area contributed by atoms with Crippen molar-refractivity contribution in [1.29, 1.82) is 0 Å². The highest BCUT2D eigenvalue weighted by Crippen LogP contribution is 2.40. The van der Waals surface area contributed by atoms with E-state index in [0.29, 0.717) is 0 Å². The van der Waals surface area contributed by atoms with Gasteiger partial charge in [-0.3, -0.25) is 0 Å². The summed E-state index contributed by atoms with van der Waals surface area (Å²) in [6.07, 6.45) is 0. The lowest BCUT2D eigenvalue weighted by Gasteiger charge is -2.32. The van der Waals surface area contributed by atoms with Crippen LogP contribution in [-0.2, 0) is 9.31 Å². The van der Waals surface area contributed by atoms with Gasteiger partial charge in [-0.1, -0.05) is 31.9 Å². The highest BCUT2D eigenvalue weighted by molar-refractivity contribution is 9.11. The van der Waals surface area contributed by atoms with E-state index in [-0.39, 0.29) is 17.1 Å². The molecule has 0 aromatic heterocycles. The molecule has 1 aromatic rings. The van der Waals surface area contributed by atoms with Gasteiger partial charge in [0.25, 0.3) is 0 Å². The van der Waals surface area contributed by atoms with Gasteiger partial charge in [0.2, 0.25) is 0 Å². The number of nitrogens with two attached hydrogens (primary N) is 1. The van der Waals surface area contributed by atoms with E-state index in [1.165, 1.54) is 0 Å². The Morgan fingerprint density at radius 1 is 1.11 bits per heavy atom. The molecule has 0 spiro atoms. The van der Waals surface area contributed by atoms with Crippen LogP contribution < -0.4 is 5.73 Å². The predicted octanol–water partition coefficient (Wildman–Crippen LogP) is 3.84. The van der Waals surface area contributed by atoms with Crippen LogP contribution in [0.5, 0.6) is 0 Å². The summed E-state index contributed by atoms with van der Waals surface area (Å²) < 4.78 is 13.9. The van der Waals surface area contributed by atoms with Gasteiger partial charge in [0.05, 0.1) is 17.1 Å². The van der Waals surface area contributed by atoms with Crippen LogP contribution >= 0.6 is 31.9 Å². The van der Waals surface area contributed by atoms with Crippen LogP contribution in [0.25, 0.3) is 0 Å². The molecule has 1 atom stereocenters. The molecule has 1 saturated heterocycles. The summed E-state index contributed by atoms with van der Waals surface area (Å²) in [6, 6.07) is 5.91. The fourth-order valence-electron chi connectivity index (χ4n) is 1.95. The van der Waals surface area contributed by atoms with Gasteiger partial charge in [-0.25, -0.2) is 0 Å². The van der Waals surface area contributed by atoms with E-state index in [0.717, 1.165) is 14.5 Å². The first-order chi connectivity index (χ1) is 8.64. The van der Waals surface area contributed by atoms with Gasteiger partial charge in [-0.05, 0) is 51.5 Å². The first kappa shape index (κ1) is 15.5. The third-order valence-electron chi connectivity index (χ3n) is 3.88. The molecule has 1 fully saturated rings. The Labute approximate surface area is 131 Å². The molecule has 6 heteroatoms. The second-order valence-corrected chi connectivity index (χ2v) is 7.59. The molecule has 104 valence electrons. The van der Waals surface area contributed by atoms with E-state index in [4.69, 9.17) is 15.0 Å². The Kier molecular flexibility index (Phi) is 4.21. The van der Waals surface area contributed by atoms with Crippen molar-refractivity contribution in [3.05, 3.63) is 32.7 Å². The Bertz CT molecular complexity index is 478. The van der Waals surface area contributed by atoms with Crippen molar-refractivity contribution in [1.82, 2.24) is 0 Å². The monoisotopic (exact) mass is 389 g/mol. The Morgan fingerprint density at radius 3 is 2.16 bits per heavy atom. The Hall–Kier alpha value is 0.125. The van der Waals surface area contributed by atoms with Gasteiger partial charge in [-0.15, -0.1) is 0 Å². The maximum absolute atomic E-state index is 6.31. The molecule has 3 nitrogen and oxygen atoms in total. The quantitative estimate of drug-likeness (QED) is 0.780. The maximum atomic E-state index is 6.31. The average Bonchev–Trinajstić information content (AvgIpc) is 2.51. The van der Waals surface area contributed by atoms with Gasteiger partial charge in [0, 0.05) is 8.95 Å². The number of rotatable bonds is 2. The second-order valence-electron chi connectivity index (χ2n) is 5.82. The predicted molar refractivity (Wildman–Crippen MR) is 84.9 cm³/mol. The standard InChI is InChI=1S/C13H18BBr2NO2/c1-12(2)13(3,4)19-14(18-12)11(17)9-7-8(15)5-6-10(9)16/h5-7,11H,17H2,1-4H3/t11-/m1/s1. The van der Waals surface area contributed by atoms with Crippen molar-refractivity contribution in [2.24, 2.45) is 5.73 Å². The van der Waals surface area contributed by atoms with Gasteiger partial charge in [0.15, 0.2) is 0 Å². The van der Waals surface area contributed by atoms with Crippen LogP contribution in [-0.4, -0.2) is 18.3 Å². The lowest BCUT2D eigenvalue weighted by Crippen LogP contribution is -2.41. The van der Waals surface area contributed by atoms with Crippen molar-refractivity contribution in [3.63, 3.8) is 0 Å². The summed E-state index contributed by atoms with van der Waals surface area (Å²) in [5.41, 5.74) is 6.54. The Morgan fingerprint density at radius 2 is 1.63 bits per heavy atom. The minimum Gasteiger partial charge on any atom is -0.402 e. The van der Waals surface area contributed by atoms with Crippen LogP contribution in [0.1, 0.15) is 39.2 Å². The van der Waals surface area contributed by atoms with Gasteiger partial charge >= 0.3 is 7.12 Å². The van der Waals surface area contributed by atoms with Crippen LogP contribution in [0.15, 0.2) is 27.1 Å². The number of benzene rings is 1. The van der Waals surface area contributed by atoms with E-state index < -0.39 is 7.12 Å². The molecule has 0 unspecified atom stereocenters. The molecule has 0 saturated carbocycles. The highest BCUT2D eigenvalue weighted by atomic mass is 79.9. The Balaban J connectivity index is 2.27. The molecular formula is C13H18BBr2NO2. The molecule has 1 aliphatic heterocycles. The summed E-state index contributed by atoms with van der Waals surface area (Å²) in [6.45, 7) is 8.09. The third-order valence-corrected chi connectivity index (χ3v) is 5.10. The number of hydrogen-bond donors (Lipinski definition) is 1. The largest absolute Gasteiger partial charge is 0.480 e. The summed E-state index contributed by atoms with van der Waals surface area (Å²) in [5.74, 6) is -0.340. The lowest BCUT2D eigenvalue weighted by atomic mass is 9.75. The van der Waals surface area contributed by atoms with Gasteiger partial charge in [-0.2, -0.15) is 0 Å². The molecule has 1 aromatic carbocycles. The van der Waals surface area contributed by atoms with Crippen molar-refractivity contribution < 1.29 is 9.31 Å². The summed E-state index contributed by atoms with van der Waals surface area (Å²) >= 11 is 6.98. The molecule has 0 amide bonds. The SMILES string of the molecule is CC1(C)OB([C@H](N)c2cc(Br)ccc2Br)OC1(C)C. The fourth-order valence-corrected chi connectivity index (χ4v) is 2.84. The first-order valence-corrected chi connectivity index (χ1v) is 7.79. The molecule has 19 heavy (non-hydrogen) atoms. The van der Waals surface area contributed by atoms with Crippen LogP contribution in [0.3, 0.4) is 0 Å². The molecule has 0 aliphatic carbocycles. The van der Waals surface area contributed by atoms with E-state index >= 15 is 0 Å². The van der Waals surface area contributed by atoms with E-state index in [1.807, 2.05) is 45.9 Å². The maximum Gasteiger partial charge on any atom is 0.480 e. The van der Waals surface area contributed by atoms with E-state index in [9.17, 15) is 0 Å². The molecule has 2 N–H and O–H groups in total. The fraction of sp³-hybridized carbons (Fsp3) is 0.538. The molecule has 0 radical (unpaired) electrons. The zero-order valence-corrected chi connectivity index (χ0v) is 14.7. The van der Waals surface area contributed by atoms with Crippen molar-refractivity contribution >= 4 is 39.0 Å². The summed E-state index contributed by atoms with van der Waals surface area (Å²) in [7, 11) is -0.449. The normalized spacial score (nSPS) is 22.6. The molecule has 0 bridgehead atoms. The van der Waals surface area contributed by atoms with Crippen LogP contribution in [0.4, 0.5) is 0 Å². The van der Waals surface area contributed by atoms with Crippen LogP contribution in [0.2, 0.25) is 0 Å². The van der Waals surface area contributed by atoms with Crippen molar-refractivity contribution in [2.45, 2.75) is 44.8 Å².